The van der Waals surface area contributed by atoms with Gasteiger partial charge in [-0.1, -0.05) is 17.4 Å². The lowest BCUT2D eigenvalue weighted by Gasteiger charge is -2.06. The molecule has 0 atom stereocenters. The minimum atomic E-state index is -0.919. The quantitative estimate of drug-likeness (QED) is 0.471. The van der Waals surface area contributed by atoms with Gasteiger partial charge in [0.2, 0.25) is 5.06 Å². The summed E-state index contributed by atoms with van der Waals surface area (Å²) in [7, 11) is 0. The summed E-state index contributed by atoms with van der Waals surface area (Å²) in [4.78, 5) is 31.6. The fraction of sp³-hybridized carbons (Fsp3) is 0.105. The summed E-state index contributed by atoms with van der Waals surface area (Å²) >= 11 is 0.834. The molecule has 4 aromatic rings. The molecule has 164 valence electrons. The molecule has 9 nitrogen and oxygen atoms in total. The van der Waals surface area contributed by atoms with Crippen molar-refractivity contribution in [3.8, 4) is 16.6 Å². The predicted molar refractivity (Wildman–Crippen MR) is 106 cm³/mol. The molecule has 13 heteroatoms. The summed E-state index contributed by atoms with van der Waals surface area (Å²) in [5.74, 6) is -3.70. The van der Waals surface area contributed by atoms with Crippen LogP contribution in [0.1, 0.15) is 21.1 Å². The Kier molecular flexibility index (Phi) is 5.48. The molecule has 3 aromatic heterocycles. The zero-order chi connectivity index (χ0) is 23.0. The van der Waals surface area contributed by atoms with Gasteiger partial charge >= 0.3 is 5.69 Å². The van der Waals surface area contributed by atoms with E-state index in [4.69, 9.17) is 10.5 Å². The van der Waals surface area contributed by atoms with Crippen molar-refractivity contribution in [2.45, 2.75) is 13.5 Å². The van der Waals surface area contributed by atoms with E-state index in [1.54, 1.807) is 6.92 Å². The smallest absolute Gasteiger partial charge is 0.350 e. The number of primary amides is 1. The van der Waals surface area contributed by atoms with E-state index in [0.29, 0.717) is 5.69 Å². The monoisotopic (exact) mass is 462 g/mol. The van der Waals surface area contributed by atoms with E-state index in [9.17, 15) is 22.8 Å². The second-order valence-electron chi connectivity index (χ2n) is 6.49. The van der Waals surface area contributed by atoms with Crippen LogP contribution in [0.25, 0.3) is 5.69 Å². The fourth-order valence-corrected chi connectivity index (χ4v) is 3.52. The number of hydrogen-bond donors (Lipinski definition) is 1. The van der Waals surface area contributed by atoms with Crippen molar-refractivity contribution in [3.05, 3.63) is 81.0 Å². The molecule has 0 saturated carbocycles. The molecule has 0 saturated heterocycles. The van der Waals surface area contributed by atoms with Gasteiger partial charge in [0, 0.05) is 11.6 Å². The number of pyridine rings is 1. The number of nitrogens with zero attached hydrogens (tertiary/aromatic N) is 5. The Morgan fingerprint density at radius 1 is 1.22 bits per heavy atom. The Bertz CT molecular complexity index is 1380. The molecule has 1 amide bonds. The van der Waals surface area contributed by atoms with Crippen LogP contribution in [-0.2, 0) is 6.54 Å². The van der Waals surface area contributed by atoms with E-state index >= 15 is 0 Å². The third kappa shape index (κ3) is 3.97. The number of halogens is 3. The molecule has 4 rings (SSSR count). The summed E-state index contributed by atoms with van der Waals surface area (Å²) < 4.78 is 49.4. The highest BCUT2D eigenvalue weighted by Crippen LogP contribution is 2.31. The second kappa shape index (κ2) is 8.26. The van der Waals surface area contributed by atoms with Gasteiger partial charge < -0.3 is 10.5 Å². The highest BCUT2D eigenvalue weighted by atomic mass is 32.1. The number of amides is 1. The van der Waals surface area contributed by atoms with E-state index in [1.807, 2.05) is 0 Å². The number of benzene rings is 1. The van der Waals surface area contributed by atoms with Gasteiger partial charge in [-0.15, -0.1) is 0 Å². The molecule has 1 aromatic carbocycles. The Balaban J connectivity index is 1.60. The van der Waals surface area contributed by atoms with E-state index in [1.165, 1.54) is 6.07 Å². The van der Waals surface area contributed by atoms with E-state index in [-0.39, 0.29) is 21.3 Å². The van der Waals surface area contributed by atoms with Crippen LogP contribution < -0.4 is 16.2 Å². The summed E-state index contributed by atoms with van der Waals surface area (Å²) in [6.45, 7) is 1.15. The standard InChI is InChI=1S/C19H13F3N6O3S/c1-9-18(32-17(26-9)15(23)29)31-16-14(22)5-10(6-24-16)28-19(30)27(8-25-28)7-11-12(20)3-2-4-13(11)21/h2-6,8H,7H2,1H3,(H2,23,29). The average Bonchev–Trinajstić information content (AvgIpc) is 3.29. The fourth-order valence-electron chi connectivity index (χ4n) is 2.75. The Morgan fingerprint density at radius 3 is 2.56 bits per heavy atom. The minimum absolute atomic E-state index is 0.00194. The van der Waals surface area contributed by atoms with Crippen LogP contribution in [0.15, 0.2) is 41.6 Å². The van der Waals surface area contributed by atoms with Gasteiger partial charge in [0.25, 0.3) is 11.8 Å². The first-order valence-corrected chi connectivity index (χ1v) is 9.74. The van der Waals surface area contributed by atoms with Crippen LogP contribution in [0.2, 0.25) is 0 Å². The van der Waals surface area contributed by atoms with Crippen molar-refractivity contribution in [2.75, 3.05) is 0 Å². The lowest BCUT2D eigenvalue weighted by Crippen LogP contribution is -2.25. The summed E-state index contributed by atoms with van der Waals surface area (Å²) in [5, 5.41) is 3.98. The maximum atomic E-state index is 14.6. The SMILES string of the molecule is Cc1nc(C(N)=O)sc1Oc1ncc(-n2ncn(Cc3c(F)cccc3F)c2=O)cc1F. The highest BCUT2D eigenvalue weighted by Gasteiger charge is 2.18. The molecule has 0 unspecified atom stereocenters. The number of aromatic nitrogens is 5. The van der Waals surface area contributed by atoms with Gasteiger partial charge in [-0.2, -0.15) is 9.78 Å². The number of carbonyl (C=O) groups excluding carboxylic acids is 1. The van der Waals surface area contributed by atoms with Crippen LogP contribution in [0.4, 0.5) is 13.2 Å². The molecule has 0 radical (unpaired) electrons. The molecule has 0 bridgehead atoms. The molecule has 32 heavy (non-hydrogen) atoms. The van der Waals surface area contributed by atoms with Gasteiger partial charge in [-0.25, -0.2) is 27.9 Å². The van der Waals surface area contributed by atoms with Gasteiger partial charge in [-0.3, -0.25) is 9.36 Å². The molecule has 0 aliphatic heterocycles. The first-order chi connectivity index (χ1) is 15.2. The zero-order valence-electron chi connectivity index (χ0n) is 16.3. The van der Waals surface area contributed by atoms with E-state index in [0.717, 1.165) is 51.3 Å². The number of carbonyl (C=O) groups is 1. The third-order valence-electron chi connectivity index (χ3n) is 4.32. The second-order valence-corrected chi connectivity index (χ2v) is 7.45. The Morgan fingerprint density at radius 2 is 1.94 bits per heavy atom. The normalized spacial score (nSPS) is 11.0. The molecule has 0 aliphatic carbocycles. The number of ether oxygens (including phenoxy) is 1. The minimum Gasteiger partial charge on any atom is -0.423 e. The van der Waals surface area contributed by atoms with E-state index < -0.39 is 41.5 Å². The van der Waals surface area contributed by atoms with Crippen molar-refractivity contribution in [3.63, 3.8) is 0 Å². The summed E-state index contributed by atoms with van der Waals surface area (Å²) in [6.07, 6.45) is 2.20. The predicted octanol–water partition coefficient (Wildman–Crippen LogP) is 2.55. The third-order valence-corrected chi connectivity index (χ3v) is 5.37. The van der Waals surface area contributed by atoms with Gasteiger partial charge in [0.1, 0.15) is 18.0 Å². The first kappa shape index (κ1) is 21.2. The average molecular weight is 462 g/mol. The van der Waals surface area contributed by atoms with E-state index in [2.05, 4.69) is 15.1 Å². The maximum absolute atomic E-state index is 14.6. The van der Waals surface area contributed by atoms with Crippen molar-refractivity contribution >= 4 is 17.2 Å². The van der Waals surface area contributed by atoms with Crippen LogP contribution >= 0.6 is 11.3 Å². The van der Waals surface area contributed by atoms with Crippen LogP contribution in [0, 0.1) is 24.4 Å². The molecule has 0 spiro atoms. The van der Waals surface area contributed by atoms with Crippen molar-refractivity contribution in [1.82, 2.24) is 24.3 Å². The number of rotatable bonds is 6. The topological polar surface area (TPSA) is 118 Å². The van der Waals surface area contributed by atoms with Crippen molar-refractivity contribution < 1.29 is 22.7 Å². The highest BCUT2D eigenvalue weighted by molar-refractivity contribution is 7.15. The van der Waals surface area contributed by atoms with Gasteiger partial charge in [-0.05, 0) is 19.1 Å². The van der Waals surface area contributed by atoms with Crippen LogP contribution in [-0.4, -0.2) is 30.2 Å². The summed E-state index contributed by atoms with van der Waals surface area (Å²) in [5.41, 5.74) is 4.39. The molecule has 0 fully saturated rings. The maximum Gasteiger partial charge on any atom is 0.350 e. The van der Waals surface area contributed by atoms with Crippen LogP contribution in [0.5, 0.6) is 10.9 Å². The lowest BCUT2D eigenvalue weighted by molar-refractivity contribution is 0.0999. The molecule has 0 aliphatic rings. The first-order valence-electron chi connectivity index (χ1n) is 8.93. The number of thiazole rings is 1. The largest absolute Gasteiger partial charge is 0.423 e. The lowest BCUT2D eigenvalue weighted by atomic mass is 10.2. The van der Waals surface area contributed by atoms with Crippen molar-refractivity contribution in [2.24, 2.45) is 5.73 Å². The number of aryl methyl sites for hydroxylation is 1. The molecular weight excluding hydrogens is 449 g/mol. The zero-order valence-corrected chi connectivity index (χ0v) is 17.1. The molecule has 3 heterocycles. The Hall–Kier alpha value is -4.00. The number of nitrogens with two attached hydrogens (primary N) is 1. The van der Waals surface area contributed by atoms with Gasteiger partial charge in [0.05, 0.1) is 24.1 Å². The number of hydrogen-bond acceptors (Lipinski definition) is 7. The molecular formula is C19H13F3N6O3S. The van der Waals surface area contributed by atoms with Crippen molar-refractivity contribution in [1.29, 1.82) is 0 Å². The Labute approximate surface area is 181 Å². The summed E-state index contributed by atoms with van der Waals surface area (Å²) in [6, 6.07) is 4.31. The van der Waals surface area contributed by atoms with Gasteiger partial charge in [0.15, 0.2) is 10.8 Å². The molecule has 2 N–H and O–H groups in total. The van der Waals surface area contributed by atoms with Crippen LogP contribution in [0.3, 0.4) is 0 Å².